The number of nitro groups is 1. The maximum atomic E-state index is 11.4. The second kappa shape index (κ2) is 6.05. The molecule has 0 N–H and O–H groups in total. The Hall–Kier alpha value is -2.21. The number of thiophene rings is 1. The summed E-state index contributed by atoms with van der Waals surface area (Å²) in [6, 6.07) is 9.19. The quantitative estimate of drug-likeness (QED) is 0.472. The number of nitrogens with zero attached hydrogens (tertiary/aromatic N) is 2. The zero-order chi connectivity index (χ0) is 15.6. The molecule has 1 heterocycles. The van der Waals surface area contributed by atoms with E-state index in [1.807, 2.05) is 24.3 Å². The summed E-state index contributed by atoms with van der Waals surface area (Å²) in [5.41, 5.74) is 2.02. The van der Waals surface area contributed by atoms with E-state index in [1.165, 1.54) is 18.6 Å². The van der Waals surface area contributed by atoms with Crippen molar-refractivity contribution in [2.45, 2.75) is 20.3 Å². The van der Waals surface area contributed by atoms with E-state index >= 15 is 0 Å². The van der Waals surface area contributed by atoms with Crippen LogP contribution in [0, 0.1) is 10.1 Å². The monoisotopic (exact) mass is 304 g/mol. The molecule has 5 nitrogen and oxygen atoms in total. The average Bonchev–Trinajstić information content (AvgIpc) is 2.92. The van der Waals surface area contributed by atoms with Gasteiger partial charge >= 0.3 is 5.69 Å². The normalized spacial score (nSPS) is 10.4. The van der Waals surface area contributed by atoms with Gasteiger partial charge in [-0.15, -0.1) is 11.3 Å². The Labute approximate surface area is 127 Å². The van der Waals surface area contributed by atoms with E-state index in [1.54, 1.807) is 11.9 Å². The van der Waals surface area contributed by atoms with Crippen LogP contribution in [0.5, 0.6) is 0 Å². The Morgan fingerprint density at radius 3 is 2.43 bits per heavy atom. The molecule has 0 aliphatic rings. The van der Waals surface area contributed by atoms with Gasteiger partial charge in [0.15, 0.2) is 10.8 Å². The van der Waals surface area contributed by atoms with Crippen LogP contribution in [0.2, 0.25) is 0 Å². The largest absolute Gasteiger partial charge is 0.331 e. The number of benzene rings is 1. The maximum absolute atomic E-state index is 11.4. The summed E-state index contributed by atoms with van der Waals surface area (Å²) in [5, 5.41) is 11.6. The summed E-state index contributed by atoms with van der Waals surface area (Å²) in [4.78, 5) is 24.3. The van der Waals surface area contributed by atoms with Crippen molar-refractivity contribution >= 4 is 33.5 Å². The Balaban J connectivity index is 2.43. The topological polar surface area (TPSA) is 63.5 Å². The number of carbonyl (C=O) groups excluding carboxylic acids is 1. The van der Waals surface area contributed by atoms with E-state index < -0.39 is 4.92 Å². The molecule has 6 heteroatoms. The van der Waals surface area contributed by atoms with Crippen molar-refractivity contribution in [3.63, 3.8) is 0 Å². The summed E-state index contributed by atoms with van der Waals surface area (Å²) >= 11 is 1.14. The van der Waals surface area contributed by atoms with Crippen LogP contribution in [0.4, 0.5) is 16.4 Å². The van der Waals surface area contributed by atoms with Crippen molar-refractivity contribution in [3.05, 3.63) is 50.9 Å². The highest BCUT2D eigenvalue weighted by Gasteiger charge is 2.24. The van der Waals surface area contributed by atoms with Gasteiger partial charge in [-0.3, -0.25) is 14.9 Å². The third-order valence-corrected chi connectivity index (χ3v) is 4.58. The summed E-state index contributed by atoms with van der Waals surface area (Å²) in [6.45, 7) is 3.48. The molecule has 21 heavy (non-hydrogen) atoms. The van der Waals surface area contributed by atoms with E-state index in [-0.39, 0.29) is 11.5 Å². The number of anilines is 2. The lowest BCUT2D eigenvalue weighted by Crippen LogP contribution is -2.09. The van der Waals surface area contributed by atoms with Crippen molar-refractivity contribution in [1.82, 2.24) is 0 Å². The van der Waals surface area contributed by atoms with Crippen molar-refractivity contribution in [2.75, 3.05) is 11.9 Å². The van der Waals surface area contributed by atoms with Gasteiger partial charge in [-0.25, -0.2) is 0 Å². The van der Waals surface area contributed by atoms with E-state index in [0.717, 1.165) is 23.4 Å². The van der Waals surface area contributed by atoms with Gasteiger partial charge in [-0.2, -0.15) is 0 Å². The first-order valence-corrected chi connectivity index (χ1v) is 7.37. The number of aryl methyl sites for hydroxylation is 1. The van der Waals surface area contributed by atoms with Gasteiger partial charge in [0.25, 0.3) is 0 Å². The smallest absolute Gasteiger partial charge is 0.304 e. The molecule has 0 bridgehead atoms. The second-order valence-electron chi connectivity index (χ2n) is 4.69. The molecule has 0 atom stereocenters. The zero-order valence-corrected chi connectivity index (χ0v) is 12.9. The third kappa shape index (κ3) is 3.11. The molecule has 0 radical (unpaired) electrons. The highest BCUT2D eigenvalue weighted by Crippen LogP contribution is 2.40. The fraction of sp³-hybridized carbons (Fsp3) is 0.267. The highest BCUT2D eigenvalue weighted by molar-refractivity contribution is 7.18. The first-order valence-electron chi connectivity index (χ1n) is 6.55. The molecular weight excluding hydrogens is 288 g/mol. The van der Waals surface area contributed by atoms with Gasteiger partial charge in [-0.05, 0) is 31.0 Å². The molecule has 2 rings (SSSR count). The predicted octanol–water partition coefficient (Wildman–Crippen LogP) is 4.19. The number of rotatable bonds is 5. The molecule has 2 aromatic rings. The number of Topliss-reactive ketones (excluding diaryl/α,β-unsaturated/α-hetero) is 1. The Bertz CT molecular complexity index is 677. The highest BCUT2D eigenvalue weighted by atomic mass is 32.1. The standard InChI is InChI=1S/C15H16N2O3S/c1-4-11-5-7-12(8-6-11)16(3)15-13(17(19)20)9-14(21-15)10(2)18/h5-9H,4H2,1-3H3. The van der Waals surface area contributed by atoms with E-state index in [4.69, 9.17) is 0 Å². The summed E-state index contributed by atoms with van der Waals surface area (Å²) < 4.78 is 0. The molecule has 0 aliphatic heterocycles. The van der Waals surface area contributed by atoms with E-state index in [0.29, 0.717) is 9.88 Å². The lowest BCUT2D eigenvalue weighted by atomic mass is 10.1. The number of hydrogen-bond donors (Lipinski definition) is 0. The molecular formula is C15H16N2O3S. The van der Waals surface area contributed by atoms with Crippen molar-refractivity contribution in [1.29, 1.82) is 0 Å². The van der Waals surface area contributed by atoms with Gasteiger partial charge in [0.1, 0.15) is 0 Å². The fourth-order valence-corrected chi connectivity index (χ4v) is 2.99. The van der Waals surface area contributed by atoms with Crippen molar-refractivity contribution in [2.24, 2.45) is 0 Å². The Morgan fingerprint density at radius 2 is 1.95 bits per heavy atom. The first kappa shape index (κ1) is 15.2. The molecule has 0 spiro atoms. The zero-order valence-electron chi connectivity index (χ0n) is 12.1. The Kier molecular flexibility index (Phi) is 4.37. The van der Waals surface area contributed by atoms with Crippen molar-refractivity contribution in [3.8, 4) is 0 Å². The number of ketones is 1. The maximum Gasteiger partial charge on any atom is 0.304 e. The van der Waals surface area contributed by atoms with Crippen molar-refractivity contribution < 1.29 is 9.72 Å². The molecule has 0 saturated carbocycles. The van der Waals surface area contributed by atoms with Crippen LogP contribution in [0.3, 0.4) is 0 Å². The summed E-state index contributed by atoms with van der Waals surface area (Å²) in [6.07, 6.45) is 0.942. The predicted molar refractivity (Wildman–Crippen MR) is 84.9 cm³/mol. The first-order chi connectivity index (χ1) is 9.93. The van der Waals surface area contributed by atoms with Crippen LogP contribution in [0.15, 0.2) is 30.3 Å². The molecule has 0 amide bonds. The van der Waals surface area contributed by atoms with Crippen LogP contribution < -0.4 is 4.90 Å². The average molecular weight is 304 g/mol. The molecule has 1 aromatic carbocycles. The van der Waals surface area contributed by atoms with Gasteiger partial charge in [0.05, 0.1) is 9.80 Å². The van der Waals surface area contributed by atoms with Crippen LogP contribution in [-0.2, 0) is 6.42 Å². The summed E-state index contributed by atoms with van der Waals surface area (Å²) in [5.74, 6) is -0.163. The Morgan fingerprint density at radius 1 is 1.33 bits per heavy atom. The van der Waals surface area contributed by atoms with E-state index in [2.05, 4.69) is 6.92 Å². The van der Waals surface area contributed by atoms with Gasteiger partial charge in [-0.1, -0.05) is 19.1 Å². The van der Waals surface area contributed by atoms with Crippen LogP contribution in [0.25, 0.3) is 0 Å². The molecule has 110 valence electrons. The minimum atomic E-state index is -0.449. The number of carbonyl (C=O) groups is 1. The second-order valence-corrected chi connectivity index (χ2v) is 5.72. The molecule has 0 unspecified atom stereocenters. The molecule has 0 fully saturated rings. The SMILES string of the molecule is CCc1ccc(N(C)c2sc(C(C)=O)cc2[N+](=O)[O-])cc1. The van der Waals surface area contributed by atoms with Crippen LogP contribution >= 0.6 is 11.3 Å². The minimum absolute atomic E-state index is 0.0349. The van der Waals surface area contributed by atoms with E-state index in [9.17, 15) is 14.9 Å². The van der Waals surface area contributed by atoms with Gasteiger partial charge < -0.3 is 4.90 Å². The summed E-state index contributed by atoms with van der Waals surface area (Å²) in [7, 11) is 1.77. The number of hydrogen-bond acceptors (Lipinski definition) is 5. The van der Waals surface area contributed by atoms with Crippen LogP contribution in [-0.4, -0.2) is 17.8 Å². The third-order valence-electron chi connectivity index (χ3n) is 3.27. The van der Waals surface area contributed by atoms with Gasteiger partial charge in [0.2, 0.25) is 0 Å². The van der Waals surface area contributed by atoms with Gasteiger partial charge in [0, 0.05) is 18.8 Å². The minimum Gasteiger partial charge on any atom is -0.331 e. The fourth-order valence-electron chi connectivity index (χ4n) is 1.99. The lowest BCUT2D eigenvalue weighted by molar-refractivity contribution is -0.383. The lowest BCUT2D eigenvalue weighted by Gasteiger charge is -2.17. The van der Waals surface area contributed by atoms with Crippen LogP contribution in [0.1, 0.15) is 29.1 Å². The molecule has 0 saturated heterocycles. The molecule has 1 aromatic heterocycles. The molecule has 0 aliphatic carbocycles.